The number of hydrogen-bond donors (Lipinski definition) is 0. The van der Waals surface area contributed by atoms with Crippen molar-refractivity contribution in [1.29, 1.82) is 0 Å². The minimum Gasteiger partial charge on any atom is -0.489 e. The molecule has 0 unspecified atom stereocenters. The summed E-state index contributed by atoms with van der Waals surface area (Å²) in [5, 5.41) is 5.03. The van der Waals surface area contributed by atoms with E-state index in [1.54, 1.807) is 12.3 Å². The molecule has 0 radical (unpaired) electrons. The number of halogens is 2. The molecule has 0 atom stereocenters. The van der Waals surface area contributed by atoms with E-state index in [-0.39, 0.29) is 5.56 Å². The highest BCUT2D eigenvalue weighted by Crippen LogP contribution is 2.24. The second-order valence-electron chi connectivity index (χ2n) is 7.77. The van der Waals surface area contributed by atoms with E-state index < -0.39 is 0 Å². The zero-order valence-corrected chi connectivity index (χ0v) is 21.6. The van der Waals surface area contributed by atoms with E-state index in [0.29, 0.717) is 23.3 Å². The van der Waals surface area contributed by atoms with Gasteiger partial charge in [-0.15, -0.1) is 0 Å². The third kappa shape index (κ3) is 5.26. The van der Waals surface area contributed by atoms with Crippen molar-refractivity contribution in [2.45, 2.75) is 6.61 Å². The van der Waals surface area contributed by atoms with Crippen LogP contribution in [0.15, 0.2) is 116 Å². The quantitative estimate of drug-likeness (QED) is 0.200. The van der Waals surface area contributed by atoms with E-state index in [9.17, 15) is 4.79 Å². The number of fused-ring (bicyclic) bond motifs is 1. The van der Waals surface area contributed by atoms with E-state index >= 15 is 0 Å². The number of ether oxygens (including phenoxy) is 1. The first kappa shape index (κ1) is 23.2. The Bertz CT molecular complexity index is 1580. The molecule has 172 valence electrons. The van der Waals surface area contributed by atoms with Crippen LogP contribution in [0.1, 0.15) is 11.1 Å². The topological polar surface area (TPSA) is 56.5 Å². The summed E-state index contributed by atoms with van der Waals surface area (Å²) < 4.78 is 9.27. The summed E-state index contributed by atoms with van der Waals surface area (Å²) >= 11 is 7.02. The summed E-state index contributed by atoms with van der Waals surface area (Å²) in [5.74, 6) is 1.23. The van der Waals surface area contributed by atoms with E-state index in [1.165, 1.54) is 4.68 Å². The molecule has 0 aliphatic carbocycles. The standard InChI is InChI=1S/C28H19Br2N3O2/c29-22-13-12-21(25(30)16-22)18-35-23-14-10-19(11-15-23)17-31-33-27(20-6-2-1-3-7-20)32-26-9-5-4-8-24(26)28(33)34/h1-17H,18H2. The zero-order chi connectivity index (χ0) is 24.2. The molecule has 0 aliphatic heterocycles. The Morgan fingerprint density at radius 2 is 1.63 bits per heavy atom. The van der Waals surface area contributed by atoms with Crippen LogP contribution in [0.5, 0.6) is 5.75 Å². The normalized spacial score (nSPS) is 11.3. The Labute approximate surface area is 219 Å². The first-order valence-corrected chi connectivity index (χ1v) is 12.5. The lowest BCUT2D eigenvalue weighted by Crippen LogP contribution is -2.20. The predicted molar refractivity (Wildman–Crippen MR) is 147 cm³/mol. The average molecular weight is 589 g/mol. The third-order valence-electron chi connectivity index (χ3n) is 5.40. The number of para-hydroxylation sites is 1. The monoisotopic (exact) mass is 587 g/mol. The van der Waals surface area contributed by atoms with Crippen molar-refractivity contribution in [1.82, 2.24) is 9.66 Å². The number of aromatic nitrogens is 2. The highest BCUT2D eigenvalue weighted by Gasteiger charge is 2.12. The first-order chi connectivity index (χ1) is 17.1. The van der Waals surface area contributed by atoms with Crippen LogP contribution >= 0.6 is 31.9 Å². The second kappa shape index (κ2) is 10.4. The Kier molecular flexibility index (Phi) is 6.88. The van der Waals surface area contributed by atoms with Crippen molar-refractivity contribution in [3.63, 3.8) is 0 Å². The molecule has 0 bridgehead atoms. The van der Waals surface area contributed by atoms with Gasteiger partial charge in [-0.2, -0.15) is 9.78 Å². The van der Waals surface area contributed by atoms with Crippen LogP contribution in [0, 0.1) is 0 Å². The maximum Gasteiger partial charge on any atom is 0.282 e. The number of hydrogen-bond acceptors (Lipinski definition) is 4. The van der Waals surface area contributed by atoms with Gasteiger partial charge >= 0.3 is 0 Å². The highest BCUT2D eigenvalue weighted by molar-refractivity contribution is 9.11. The van der Waals surface area contributed by atoms with Gasteiger partial charge in [-0.1, -0.05) is 80.4 Å². The lowest BCUT2D eigenvalue weighted by atomic mass is 10.2. The van der Waals surface area contributed by atoms with Crippen LogP contribution in [0.2, 0.25) is 0 Å². The molecule has 0 saturated heterocycles. The van der Waals surface area contributed by atoms with Crippen molar-refractivity contribution in [3.05, 3.63) is 127 Å². The van der Waals surface area contributed by atoms with Crippen molar-refractivity contribution < 1.29 is 4.74 Å². The molecule has 0 aliphatic rings. The molecule has 0 fully saturated rings. The Hall–Kier alpha value is -3.55. The fourth-order valence-corrected chi connectivity index (χ4v) is 4.74. The molecule has 0 spiro atoms. The molecular weight excluding hydrogens is 570 g/mol. The molecule has 5 aromatic rings. The Balaban J connectivity index is 1.41. The van der Waals surface area contributed by atoms with Crippen molar-refractivity contribution in [3.8, 4) is 17.1 Å². The van der Waals surface area contributed by atoms with Gasteiger partial charge in [0, 0.05) is 20.1 Å². The van der Waals surface area contributed by atoms with Crippen LogP contribution in [0.3, 0.4) is 0 Å². The second-order valence-corrected chi connectivity index (χ2v) is 9.54. The molecule has 1 heterocycles. The van der Waals surface area contributed by atoms with E-state index in [1.807, 2.05) is 91.0 Å². The minimum atomic E-state index is -0.217. The molecule has 5 nitrogen and oxygen atoms in total. The molecular formula is C28H19Br2N3O2. The van der Waals surface area contributed by atoms with Gasteiger partial charge in [-0.3, -0.25) is 4.79 Å². The zero-order valence-electron chi connectivity index (χ0n) is 18.4. The van der Waals surface area contributed by atoms with Gasteiger partial charge in [0.05, 0.1) is 17.1 Å². The summed E-state index contributed by atoms with van der Waals surface area (Å²) in [6, 6.07) is 30.4. The van der Waals surface area contributed by atoms with Gasteiger partial charge in [-0.05, 0) is 54.1 Å². The fraction of sp³-hybridized carbons (Fsp3) is 0.0357. The summed E-state index contributed by atoms with van der Waals surface area (Å²) in [4.78, 5) is 18.0. The Morgan fingerprint density at radius 3 is 2.40 bits per heavy atom. The van der Waals surface area contributed by atoms with Crippen LogP contribution in [0.4, 0.5) is 0 Å². The smallest absolute Gasteiger partial charge is 0.282 e. The SMILES string of the molecule is O=c1c2ccccc2nc(-c2ccccc2)n1N=Cc1ccc(OCc2ccc(Br)cc2Br)cc1. The van der Waals surface area contributed by atoms with Gasteiger partial charge in [0.15, 0.2) is 5.82 Å². The van der Waals surface area contributed by atoms with Crippen molar-refractivity contribution in [2.24, 2.45) is 5.10 Å². The van der Waals surface area contributed by atoms with E-state index in [0.717, 1.165) is 31.4 Å². The lowest BCUT2D eigenvalue weighted by Gasteiger charge is -2.10. The predicted octanol–water partition coefficient (Wildman–Crippen LogP) is 7.05. The molecule has 35 heavy (non-hydrogen) atoms. The maximum atomic E-state index is 13.2. The number of rotatable bonds is 6. The van der Waals surface area contributed by atoms with E-state index in [2.05, 4.69) is 37.0 Å². The molecule has 4 aromatic carbocycles. The summed E-state index contributed by atoms with van der Waals surface area (Å²) in [7, 11) is 0. The number of benzene rings is 4. The fourth-order valence-electron chi connectivity index (χ4n) is 3.58. The van der Waals surface area contributed by atoms with Crippen LogP contribution < -0.4 is 10.3 Å². The van der Waals surface area contributed by atoms with E-state index in [4.69, 9.17) is 9.72 Å². The maximum absolute atomic E-state index is 13.2. The van der Waals surface area contributed by atoms with Gasteiger partial charge in [0.25, 0.3) is 5.56 Å². The first-order valence-electron chi connectivity index (χ1n) is 10.9. The summed E-state index contributed by atoms with van der Waals surface area (Å²) in [6.07, 6.45) is 1.65. The summed E-state index contributed by atoms with van der Waals surface area (Å²) in [6.45, 7) is 0.444. The largest absolute Gasteiger partial charge is 0.489 e. The molecule has 5 rings (SSSR count). The molecule has 0 saturated carbocycles. The minimum absolute atomic E-state index is 0.217. The average Bonchev–Trinajstić information content (AvgIpc) is 2.89. The molecule has 7 heteroatoms. The van der Waals surface area contributed by atoms with Crippen molar-refractivity contribution >= 4 is 49.0 Å². The third-order valence-corrected chi connectivity index (χ3v) is 6.63. The number of nitrogens with zero attached hydrogens (tertiary/aromatic N) is 3. The highest BCUT2D eigenvalue weighted by atomic mass is 79.9. The van der Waals surface area contributed by atoms with Gasteiger partial charge < -0.3 is 4.74 Å². The van der Waals surface area contributed by atoms with Crippen LogP contribution in [-0.4, -0.2) is 15.9 Å². The van der Waals surface area contributed by atoms with Gasteiger partial charge in [-0.25, -0.2) is 4.98 Å². The molecule has 0 amide bonds. The van der Waals surface area contributed by atoms with Gasteiger partial charge in [0.2, 0.25) is 0 Å². The lowest BCUT2D eigenvalue weighted by molar-refractivity contribution is 0.305. The van der Waals surface area contributed by atoms with Crippen LogP contribution in [0.25, 0.3) is 22.3 Å². The van der Waals surface area contributed by atoms with Crippen molar-refractivity contribution in [2.75, 3.05) is 0 Å². The molecule has 0 N–H and O–H groups in total. The van der Waals surface area contributed by atoms with Crippen LogP contribution in [-0.2, 0) is 6.61 Å². The summed E-state index contributed by atoms with van der Waals surface area (Å²) in [5.41, 5.74) is 3.12. The van der Waals surface area contributed by atoms with Gasteiger partial charge in [0.1, 0.15) is 12.4 Å². The Morgan fingerprint density at radius 1 is 0.886 bits per heavy atom. The molecule has 1 aromatic heterocycles.